The van der Waals surface area contributed by atoms with Gasteiger partial charge in [0.2, 0.25) is 16.9 Å². The lowest BCUT2D eigenvalue weighted by atomic mass is 10.2. The second kappa shape index (κ2) is 7.38. The van der Waals surface area contributed by atoms with Gasteiger partial charge in [0.1, 0.15) is 0 Å². The van der Waals surface area contributed by atoms with E-state index in [2.05, 4.69) is 20.8 Å². The van der Waals surface area contributed by atoms with Crippen LogP contribution in [0.25, 0.3) is 0 Å². The number of anilines is 1. The van der Waals surface area contributed by atoms with Crippen LogP contribution in [0, 0.1) is 5.92 Å². The molecule has 2 heterocycles. The number of nitrogens with one attached hydrogen (secondary N) is 2. The first-order valence-electron chi connectivity index (χ1n) is 7.36. The van der Waals surface area contributed by atoms with E-state index in [9.17, 15) is 9.59 Å². The molecule has 1 aliphatic heterocycles. The summed E-state index contributed by atoms with van der Waals surface area (Å²) < 4.78 is 6.13. The topological polar surface area (TPSA) is 93.2 Å². The number of aromatic nitrogens is 2. The third kappa shape index (κ3) is 4.65. The molecule has 7 nitrogen and oxygen atoms in total. The van der Waals surface area contributed by atoms with Crippen LogP contribution in [0.4, 0.5) is 5.13 Å². The normalized spacial score (nSPS) is 20.8. The average molecular weight is 342 g/mol. The Morgan fingerprint density at radius 3 is 2.91 bits per heavy atom. The number of carbonyl (C=O) groups is 2. The van der Waals surface area contributed by atoms with Crippen LogP contribution in [0.5, 0.6) is 0 Å². The number of hydrogen-bond acceptors (Lipinski definition) is 7. The Labute approximate surface area is 136 Å². The first-order valence-corrected chi connectivity index (χ1v) is 9.16. The minimum Gasteiger partial charge on any atom is -0.376 e. The van der Waals surface area contributed by atoms with E-state index >= 15 is 0 Å². The van der Waals surface area contributed by atoms with Crippen molar-refractivity contribution in [1.29, 1.82) is 0 Å². The van der Waals surface area contributed by atoms with E-state index < -0.39 is 0 Å². The molecule has 1 aromatic heterocycles. The fourth-order valence-electron chi connectivity index (χ4n) is 2.08. The lowest BCUT2D eigenvalue weighted by molar-refractivity contribution is -0.119. The van der Waals surface area contributed by atoms with Crippen LogP contribution in [0.15, 0.2) is 4.34 Å². The molecule has 0 radical (unpaired) electrons. The zero-order chi connectivity index (χ0) is 15.4. The van der Waals surface area contributed by atoms with Crippen LogP contribution in [0.2, 0.25) is 0 Å². The second-order valence-electron chi connectivity index (χ2n) is 5.36. The zero-order valence-corrected chi connectivity index (χ0v) is 13.7. The molecule has 2 amide bonds. The fraction of sp³-hybridized carbons (Fsp3) is 0.692. The molecule has 0 spiro atoms. The Morgan fingerprint density at radius 1 is 1.32 bits per heavy atom. The number of rotatable bonds is 7. The van der Waals surface area contributed by atoms with Crippen molar-refractivity contribution in [2.45, 2.75) is 36.1 Å². The quantitative estimate of drug-likeness (QED) is 0.573. The van der Waals surface area contributed by atoms with Gasteiger partial charge in [0.25, 0.3) is 0 Å². The molecular formula is C13H18N4O3S2. The van der Waals surface area contributed by atoms with Gasteiger partial charge in [-0.2, -0.15) is 0 Å². The highest BCUT2D eigenvalue weighted by atomic mass is 32.2. The van der Waals surface area contributed by atoms with Crippen LogP contribution in [0.3, 0.4) is 0 Å². The summed E-state index contributed by atoms with van der Waals surface area (Å²) in [6, 6.07) is 0. The number of hydrogen-bond donors (Lipinski definition) is 2. The number of carbonyl (C=O) groups excluding carboxylic acids is 2. The van der Waals surface area contributed by atoms with Gasteiger partial charge in [-0.25, -0.2) is 0 Å². The average Bonchev–Trinajstić information content (AvgIpc) is 3.06. The van der Waals surface area contributed by atoms with Crippen molar-refractivity contribution in [3.8, 4) is 0 Å². The summed E-state index contributed by atoms with van der Waals surface area (Å²) in [5.41, 5.74) is 0. The predicted octanol–water partition coefficient (Wildman–Crippen LogP) is 1.27. The Kier molecular flexibility index (Phi) is 5.27. The Morgan fingerprint density at radius 2 is 2.18 bits per heavy atom. The van der Waals surface area contributed by atoms with E-state index in [1.807, 2.05) is 0 Å². The summed E-state index contributed by atoms with van der Waals surface area (Å²) in [6.07, 6.45) is 4.14. The van der Waals surface area contributed by atoms with E-state index in [-0.39, 0.29) is 29.6 Å². The maximum atomic E-state index is 11.8. The summed E-state index contributed by atoms with van der Waals surface area (Å²) in [5, 5.41) is 14.0. The second-order valence-corrected chi connectivity index (χ2v) is 7.56. The maximum absolute atomic E-state index is 11.8. The highest BCUT2D eigenvalue weighted by molar-refractivity contribution is 8.01. The first kappa shape index (κ1) is 15.7. The van der Waals surface area contributed by atoms with Crippen molar-refractivity contribution in [1.82, 2.24) is 15.5 Å². The summed E-state index contributed by atoms with van der Waals surface area (Å²) in [4.78, 5) is 23.4. The highest BCUT2D eigenvalue weighted by Gasteiger charge is 2.30. The Balaban J connectivity index is 1.36. The van der Waals surface area contributed by atoms with E-state index in [1.165, 1.54) is 23.1 Å². The first-order chi connectivity index (χ1) is 10.7. The standard InChI is InChI=1S/C13H18N4O3S2/c18-10(14-6-9-2-1-5-20-9)7-21-13-17-16-12(22-13)15-11(19)8-3-4-8/h8-9H,1-7H2,(H,14,18)(H,15,16,19)/t9-/m0/s1. The molecule has 9 heteroatoms. The molecule has 1 atom stereocenters. The molecule has 0 bridgehead atoms. The van der Waals surface area contributed by atoms with Gasteiger partial charge in [0, 0.05) is 19.1 Å². The highest BCUT2D eigenvalue weighted by Crippen LogP contribution is 2.31. The van der Waals surface area contributed by atoms with E-state index in [0.717, 1.165) is 32.3 Å². The molecule has 2 fully saturated rings. The maximum Gasteiger partial charge on any atom is 0.230 e. The van der Waals surface area contributed by atoms with Gasteiger partial charge in [-0.1, -0.05) is 23.1 Å². The van der Waals surface area contributed by atoms with Crippen molar-refractivity contribution >= 4 is 40.0 Å². The molecule has 0 aromatic carbocycles. The van der Waals surface area contributed by atoms with Gasteiger partial charge in [-0.05, 0) is 25.7 Å². The monoisotopic (exact) mass is 342 g/mol. The SMILES string of the molecule is O=C(CSc1nnc(NC(=O)C2CC2)s1)NC[C@@H]1CCCO1. The van der Waals surface area contributed by atoms with Crippen molar-refractivity contribution in [2.24, 2.45) is 5.92 Å². The van der Waals surface area contributed by atoms with Gasteiger partial charge >= 0.3 is 0 Å². The molecule has 2 aliphatic rings. The molecule has 22 heavy (non-hydrogen) atoms. The molecule has 3 rings (SSSR count). The van der Waals surface area contributed by atoms with Crippen LogP contribution >= 0.6 is 23.1 Å². The Hall–Kier alpha value is -1.19. The minimum absolute atomic E-state index is 0.0157. The number of nitrogens with zero attached hydrogens (tertiary/aromatic N) is 2. The number of amides is 2. The van der Waals surface area contributed by atoms with Crippen LogP contribution < -0.4 is 10.6 Å². The van der Waals surface area contributed by atoms with Crippen LogP contribution in [-0.2, 0) is 14.3 Å². The third-order valence-electron chi connectivity index (χ3n) is 3.46. The van der Waals surface area contributed by atoms with Gasteiger partial charge < -0.3 is 15.4 Å². The molecule has 1 saturated heterocycles. The predicted molar refractivity (Wildman–Crippen MR) is 84.0 cm³/mol. The summed E-state index contributed by atoms with van der Waals surface area (Å²) in [5.74, 6) is 0.405. The lowest BCUT2D eigenvalue weighted by Crippen LogP contribution is -2.32. The molecule has 1 saturated carbocycles. The zero-order valence-electron chi connectivity index (χ0n) is 12.0. The fourth-order valence-corrected chi connectivity index (χ4v) is 3.67. The van der Waals surface area contributed by atoms with Gasteiger partial charge in [-0.15, -0.1) is 10.2 Å². The lowest BCUT2D eigenvalue weighted by Gasteiger charge is -2.09. The third-order valence-corrected chi connectivity index (χ3v) is 5.43. The van der Waals surface area contributed by atoms with E-state index in [1.54, 1.807) is 0 Å². The summed E-state index contributed by atoms with van der Waals surface area (Å²) in [7, 11) is 0. The van der Waals surface area contributed by atoms with Gasteiger partial charge in [0.15, 0.2) is 4.34 Å². The molecule has 1 aliphatic carbocycles. The van der Waals surface area contributed by atoms with Gasteiger partial charge in [-0.3, -0.25) is 9.59 Å². The van der Waals surface area contributed by atoms with Crippen molar-refractivity contribution < 1.29 is 14.3 Å². The smallest absolute Gasteiger partial charge is 0.230 e. The number of thioether (sulfide) groups is 1. The van der Waals surface area contributed by atoms with Crippen molar-refractivity contribution in [2.75, 3.05) is 24.2 Å². The molecular weight excluding hydrogens is 324 g/mol. The largest absolute Gasteiger partial charge is 0.376 e. The van der Waals surface area contributed by atoms with Crippen LogP contribution in [0.1, 0.15) is 25.7 Å². The summed E-state index contributed by atoms with van der Waals surface area (Å²) >= 11 is 2.62. The minimum atomic E-state index is -0.0423. The van der Waals surface area contributed by atoms with Crippen LogP contribution in [-0.4, -0.2) is 47.0 Å². The van der Waals surface area contributed by atoms with Crippen molar-refractivity contribution in [3.63, 3.8) is 0 Å². The van der Waals surface area contributed by atoms with E-state index in [0.29, 0.717) is 16.0 Å². The van der Waals surface area contributed by atoms with Gasteiger partial charge in [0.05, 0.1) is 11.9 Å². The molecule has 0 unspecified atom stereocenters. The van der Waals surface area contributed by atoms with Crippen molar-refractivity contribution in [3.05, 3.63) is 0 Å². The summed E-state index contributed by atoms with van der Waals surface area (Å²) in [6.45, 7) is 1.35. The van der Waals surface area contributed by atoms with E-state index in [4.69, 9.17) is 4.74 Å². The molecule has 1 aromatic rings. The number of ether oxygens (including phenoxy) is 1. The Bertz CT molecular complexity index is 541. The molecule has 120 valence electrons. The molecule has 2 N–H and O–H groups in total.